The Morgan fingerprint density at radius 1 is 1.13 bits per heavy atom. The van der Waals surface area contributed by atoms with Crippen LogP contribution in [0.5, 0.6) is 0 Å². The number of nitrogens with one attached hydrogen (secondary N) is 1. The predicted molar refractivity (Wildman–Crippen MR) is 78.7 cm³/mol. The summed E-state index contributed by atoms with van der Waals surface area (Å²) < 4.78 is 27.0. The maximum atomic E-state index is 13.7. The molecule has 0 unspecified atom stereocenters. The molecule has 1 aromatic rings. The van der Waals surface area contributed by atoms with Gasteiger partial charge >= 0.3 is 5.97 Å². The van der Waals surface area contributed by atoms with E-state index in [-0.39, 0.29) is 35.3 Å². The first kappa shape index (κ1) is 15.9. The minimum absolute atomic E-state index is 0.0169. The average molecular weight is 323 g/mol. The molecular formula is C17H19F2NO3. The number of benzene rings is 1. The summed E-state index contributed by atoms with van der Waals surface area (Å²) in [7, 11) is 0. The molecule has 2 saturated carbocycles. The van der Waals surface area contributed by atoms with Gasteiger partial charge < -0.3 is 10.4 Å². The van der Waals surface area contributed by atoms with E-state index in [2.05, 4.69) is 5.32 Å². The molecule has 2 aliphatic rings. The van der Waals surface area contributed by atoms with Crippen molar-refractivity contribution in [2.24, 2.45) is 11.8 Å². The van der Waals surface area contributed by atoms with Gasteiger partial charge in [-0.05, 0) is 49.7 Å². The predicted octanol–water partition coefficient (Wildman–Crippen LogP) is 2.83. The van der Waals surface area contributed by atoms with Crippen LogP contribution in [-0.2, 0) is 9.59 Å². The molecular weight excluding hydrogens is 304 g/mol. The number of carbonyl (C=O) groups is 2. The van der Waals surface area contributed by atoms with Crippen LogP contribution in [0, 0.1) is 23.5 Å². The molecule has 2 aliphatic carbocycles. The Morgan fingerprint density at radius 2 is 1.83 bits per heavy atom. The molecule has 0 saturated heterocycles. The second-order valence-electron chi connectivity index (χ2n) is 6.49. The van der Waals surface area contributed by atoms with Crippen molar-refractivity contribution in [3.05, 3.63) is 35.4 Å². The maximum absolute atomic E-state index is 13.7. The van der Waals surface area contributed by atoms with E-state index >= 15 is 0 Å². The van der Waals surface area contributed by atoms with Gasteiger partial charge in [0.25, 0.3) is 0 Å². The molecule has 2 fully saturated rings. The van der Waals surface area contributed by atoms with Crippen LogP contribution in [0.25, 0.3) is 0 Å². The fraction of sp³-hybridized carbons (Fsp3) is 0.529. The zero-order chi connectivity index (χ0) is 16.6. The van der Waals surface area contributed by atoms with Gasteiger partial charge in [0.15, 0.2) is 11.6 Å². The molecule has 0 heterocycles. The van der Waals surface area contributed by atoms with E-state index in [4.69, 9.17) is 5.11 Å². The van der Waals surface area contributed by atoms with Crippen LogP contribution in [0.1, 0.15) is 43.6 Å². The standard InChI is InChI=1S/C17H19F2NO3/c18-14-3-1-2-11(15(14)19)12-8-13(12)16(21)20-10-6-4-9(5-7-10)17(22)23/h1-3,9-10,12-13H,4-8H2,(H,20,21)(H,22,23)/t9?,10?,12-,13+/m1/s1. The highest BCUT2D eigenvalue weighted by atomic mass is 19.2. The van der Waals surface area contributed by atoms with Gasteiger partial charge in [0.1, 0.15) is 0 Å². The summed E-state index contributed by atoms with van der Waals surface area (Å²) in [6, 6.07) is 4.02. The summed E-state index contributed by atoms with van der Waals surface area (Å²) >= 11 is 0. The van der Waals surface area contributed by atoms with Crippen LogP contribution in [0.4, 0.5) is 8.78 Å². The van der Waals surface area contributed by atoms with Crippen LogP contribution < -0.4 is 5.32 Å². The Morgan fingerprint density at radius 3 is 2.48 bits per heavy atom. The highest BCUT2D eigenvalue weighted by Crippen LogP contribution is 2.48. The van der Waals surface area contributed by atoms with Crippen molar-refractivity contribution in [3.63, 3.8) is 0 Å². The monoisotopic (exact) mass is 323 g/mol. The quantitative estimate of drug-likeness (QED) is 0.895. The molecule has 1 aromatic carbocycles. The van der Waals surface area contributed by atoms with Gasteiger partial charge in [0, 0.05) is 12.0 Å². The van der Waals surface area contributed by atoms with Gasteiger partial charge in [-0.25, -0.2) is 8.78 Å². The number of amides is 1. The van der Waals surface area contributed by atoms with Crippen molar-refractivity contribution in [2.75, 3.05) is 0 Å². The molecule has 0 spiro atoms. The number of carbonyl (C=O) groups excluding carboxylic acids is 1. The van der Waals surface area contributed by atoms with Gasteiger partial charge in [0.2, 0.25) is 5.91 Å². The van der Waals surface area contributed by atoms with E-state index in [1.165, 1.54) is 12.1 Å². The smallest absolute Gasteiger partial charge is 0.306 e. The number of rotatable bonds is 4. The fourth-order valence-electron chi connectivity index (χ4n) is 3.43. The van der Waals surface area contributed by atoms with Crippen LogP contribution in [0.2, 0.25) is 0 Å². The zero-order valence-corrected chi connectivity index (χ0v) is 12.6. The van der Waals surface area contributed by atoms with Crippen molar-refractivity contribution in [2.45, 2.75) is 44.1 Å². The molecule has 4 nitrogen and oxygen atoms in total. The molecule has 0 radical (unpaired) electrons. The van der Waals surface area contributed by atoms with Gasteiger partial charge in [-0.1, -0.05) is 12.1 Å². The number of carboxylic acids is 1. The Balaban J connectivity index is 1.53. The molecule has 2 N–H and O–H groups in total. The molecule has 0 aromatic heterocycles. The summed E-state index contributed by atoms with van der Waals surface area (Å²) in [5.74, 6) is -3.57. The number of hydrogen-bond acceptors (Lipinski definition) is 2. The third-order valence-corrected chi connectivity index (χ3v) is 4.93. The first-order valence-electron chi connectivity index (χ1n) is 7.94. The van der Waals surface area contributed by atoms with Gasteiger partial charge in [-0.3, -0.25) is 9.59 Å². The van der Waals surface area contributed by atoms with E-state index in [9.17, 15) is 18.4 Å². The van der Waals surface area contributed by atoms with E-state index in [1.807, 2.05) is 0 Å². The Hall–Kier alpha value is -1.98. The van der Waals surface area contributed by atoms with Gasteiger partial charge in [0.05, 0.1) is 5.92 Å². The topological polar surface area (TPSA) is 66.4 Å². The van der Waals surface area contributed by atoms with E-state index in [1.54, 1.807) is 0 Å². The average Bonchev–Trinajstić information content (AvgIpc) is 3.31. The molecule has 1 amide bonds. The normalized spacial score (nSPS) is 29.8. The molecule has 0 bridgehead atoms. The molecule has 2 atom stereocenters. The summed E-state index contributed by atoms with van der Waals surface area (Å²) in [5, 5.41) is 11.9. The molecule has 3 rings (SSSR count). The van der Waals surface area contributed by atoms with Gasteiger partial charge in [-0.2, -0.15) is 0 Å². The van der Waals surface area contributed by atoms with Crippen molar-refractivity contribution in [1.29, 1.82) is 0 Å². The lowest BCUT2D eigenvalue weighted by molar-refractivity contribution is -0.142. The maximum Gasteiger partial charge on any atom is 0.306 e. The van der Waals surface area contributed by atoms with Crippen molar-refractivity contribution < 1.29 is 23.5 Å². The van der Waals surface area contributed by atoms with E-state index in [0.29, 0.717) is 32.1 Å². The summed E-state index contributed by atoms with van der Waals surface area (Å²) in [4.78, 5) is 23.1. The third-order valence-electron chi connectivity index (χ3n) is 4.93. The number of carboxylic acid groups (broad SMARTS) is 1. The highest BCUT2D eigenvalue weighted by molar-refractivity contribution is 5.83. The van der Waals surface area contributed by atoms with Crippen LogP contribution in [-0.4, -0.2) is 23.0 Å². The van der Waals surface area contributed by atoms with Gasteiger partial charge in [-0.15, -0.1) is 0 Å². The SMILES string of the molecule is O=C(O)C1CCC(NC(=O)[C@H]2C[C@@H]2c2cccc(F)c2F)CC1. The Labute approximate surface area is 132 Å². The van der Waals surface area contributed by atoms with Crippen molar-refractivity contribution in [1.82, 2.24) is 5.32 Å². The lowest BCUT2D eigenvalue weighted by Crippen LogP contribution is -2.39. The Bertz CT molecular complexity index is 626. The third kappa shape index (κ3) is 3.35. The minimum Gasteiger partial charge on any atom is -0.481 e. The van der Waals surface area contributed by atoms with E-state index < -0.39 is 17.6 Å². The molecule has 124 valence electrons. The number of hydrogen-bond donors (Lipinski definition) is 2. The first-order chi connectivity index (χ1) is 11.0. The molecule has 0 aliphatic heterocycles. The fourth-order valence-corrected chi connectivity index (χ4v) is 3.43. The van der Waals surface area contributed by atoms with E-state index in [0.717, 1.165) is 6.07 Å². The van der Waals surface area contributed by atoms with Crippen molar-refractivity contribution in [3.8, 4) is 0 Å². The summed E-state index contributed by atoms with van der Waals surface area (Å²) in [6.45, 7) is 0. The van der Waals surface area contributed by atoms with Crippen LogP contribution in [0.3, 0.4) is 0 Å². The van der Waals surface area contributed by atoms with Crippen LogP contribution in [0.15, 0.2) is 18.2 Å². The number of aliphatic carboxylic acids is 1. The largest absolute Gasteiger partial charge is 0.481 e. The molecule has 6 heteroatoms. The van der Waals surface area contributed by atoms with Crippen LogP contribution >= 0.6 is 0 Å². The lowest BCUT2D eigenvalue weighted by Gasteiger charge is -2.26. The second-order valence-corrected chi connectivity index (χ2v) is 6.49. The second kappa shape index (κ2) is 6.26. The first-order valence-corrected chi connectivity index (χ1v) is 7.94. The molecule has 23 heavy (non-hydrogen) atoms. The summed E-state index contributed by atoms with van der Waals surface area (Å²) in [5.41, 5.74) is 0.264. The Kier molecular flexibility index (Phi) is 4.33. The summed E-state index contributed by atoms with van der Waals surface area (Å²) in [6.07, 6.45) is 2.94. The minimum atomic E-state index is -0.888. The lowest BCUT2D eigenvalue weighted by atomic mass is 9.86. The zero-order valence-electron chi connectivity index (χ0n) is 12.6. The highest BCUT2D eigenvalue weighted by Gasteiger charge is 2.46. The number of halogens is 2. The van der Waals surface area contributed by atoms with Crippen molar-refractivity contribution >= 4 is 11.9 Å².